The number of ether oxygens (including phenoxy) is 3. The molecule has 1 N–H and O–H groups in total. The van der Waals surface area contributed by atoms with E-state index in [-0.39, 0.29) is 23.8 Å². The van der Waals surface area contributed by atoms with Gasteiger partial charge in [0.15, 0.2) is 22.7 Å². The molecule has 0 aliphatic carbocycles. The summed E-state index contributed by atoms with van der Waals surface area (Å²) in [5.74, 6) is -0.399. The summed E-state index contributed by atoms with van der Waals surface area (Å²) in [6.07, 6.45) is 1.45. The van der Waals surface area contributed by atoms with Gasteiger partial charge in [-0.2, -0.15) is 0 Å². The number of benzene rings is 2. The highest BCUT2D eigenvalue weighted by Crippen LogP contribution is 2.32. The average Bonchev–Trinajstić information content (AvgIpc) is 3.29. The molecule has 0 saturated heterocycles. The first-order chi connectivity index (χ1) is 14.6. The average molecular weight is 405 g/mol. The minimum Gasteiger partial charge on any atom is -0.493 e. The number of nitrogens with one attached hydrogen (secondary N) is 1. The van der Waals surface area contributed by atoms with E-state index in [0.29, 0.717) is 22.8 Å². The first-order valence-corrected chi connectivity index (χ1v) is 9.35. The van der Waals surface area contributed by atoms with Crippen molar-refractivity contribution < 1.29 is 28.2 Å². The molecule has 2 heterocycles. The third kappa shape index (κ3) is 3.65. The van der Waals surface area contributed by atoms with Gasteiger partial charge in [-0.25, -0.2) is 4.79 Å². The van der Waals surface area contributed by atoms with Crippen molar-refractivity contribution in [2.75, 3.05) is 19.0 Å². The molecule has 0 saturated carbocycles. The molecule has 0 atom stereocenters. The molecule has 0 spiro atoms. The molecule has 7 nitrogen and oxygen atoms in total. The molecule has 152 valence electrons. The molecule has 1 aromatic heterocycles. The third-order valence-electron chi connectivity index (χ3n) is 4.42. The molecule has 2 aromatic carbocycles. The van der Waals surface area contributed by atoms with Crippen molar-refractivity contribution in [1.82, 2.24) is 0 Å². The van der Waals surface area contributed by atoms with Gasteiger partial charge in [-0.15, -0.1) is 0 Å². The number of methoxy groups -OCH3 is 1. The van der Waals surface area contributed by atoms with Gasteiger partial charge in [0.1, 0.15) is 5.76 Å². The molecule has 4 rings (SSSR count). The summed E-state index contributed by atoms with van der Waals surface area (Å²) in [4.78, 5) is 25.3. The molecular weight excluding hydrogens is 386 g/mol. The second-order valence-electron chi connectivity index (χ2n) is 6.38. The van der Waals surface area contributed by atoms with Gasteiger partial charge in [0.2, 0.25) is 11.7 Å². The minimum absolute atomic E-state index is 0.0181. The van der Waals surface area contributed by atoms with Crippen LogP contribution >= 0.6 is 0 Å². The van der Waals surface area contributed by atoms with Crippen molar-refractivity contribution in [2.45, 2.75) is 6.92 Å². The van der Waals surface area contributed by atoms with Crippen LogP contribution in [0.15, 0.2) is 76.2 Å². The van der Waals surface area contributed by atoms with Crippen LogP contribution in [0.2, 0.25) is 0 Å². The summed E-state index contributed by atoms with van der Waals surface area (Å²) in [6, 6.07) is 16.3. The van der Waals surface area contributed by atoms with Gasteiger partial charge in [0.25, 0.3) is 0 Å². The van der Waals surface area contributed by atoms with E-state index in [1.165, 1.54) is 6.08 Å². The summed E-state index contributed by atoms with van der Waals surface area (Å²) in [6.45, 7) is 1.80. The molecule has 0 bridgehead atoms. The van der Waals surface area contributed by atoms with Gasteiger partial charge in [-0.1, -0.05) is 30.3 Å². The summed E-state index contributed by atoms with van der Waals surface area (Å²) >= 11 is 0. The number of allylic oxidation sites excluding steroid dienone is 1. The summed E-state index contributed by atoms with van der Waals surface area (Å²) < 4.78 is 21.8. The van der Waals surface area contributed by atoms with Crippen molar-refractivity contribution >= 4 is 34.5 Å². The van der Waals surface area contributed by atoms with Crippen LogP contribution in [0.1, 0.15) is 12.7 Å². The predicted molar refractivity (Wildman–Crippen MR) is 111 cm³/mol. The number of hydrogen-bond acceptors (Lipinski definition) is 7. The highest BCUT2D eigenvalue weighted by molar-refractivity contribution is 6.26. The Morgan fingerprint density at radius 2 is 1.93 bits per heavy atom. The topological polar surface area (TPSA) is 87.0 Å². The molecule has 0 unspecified atom stereocenters. The number of carbonyl (C=O) groups excluding carboxylic acids is 2. The molecule has 1 aliphatic heterocycles. The zero-order chi connectivity index (χ0) is 21.1. The van der Waals surface area contributed by atoms with Crippen LogP contribution in [0.5, 0.6) is 5.75 Å². The Bertz CT molecular complexity index is 1170. The van der Waals surface area contributed by atoms with Crippen molar-refractivity contribution in [3.05, 3.63) is 77.6 Å². The Kier molecular flexibility index (Phi) is 5.26. The van der Waals surface area contributed by atoms with Crippen molar-refractivity contribution in [1.29, 1.82) is 0 Å². The lowest BCUT2D eigenvalue weighted by atomic mass is 10.1. The predicted octanol–water partition coefficient (Wildman–Crippen LogP) is 4.27. The van der Waals surface area contributed by atoms with Gasteiger partial charge in [0, 0.05) is 17.1 Å². The fourth-order valence-corrected chi connectivity index (χ4v) is 3.08. The lowest BCUT2D eigenvalue weighted by Crippen LogP contribution is -2.16. The van der Waals surface area contributed by atoms with Crippen LogP contribution in [0, 0.1) is 0 Å². The van der Waals surface area contributed by atoms with E-state index in [2.05, 4.69) is 5.32 Å². The molecule has 30 heavy (non-hydrogen) atoms. The van der Waals surface area contributed by atoms with Crippen molar-refractivity contribution in [3.63, 3.8) is 0 Å². The van der Waals surface area contributed by atoms with Crippen LogP contribution in [0.25, 0.3) is 17.0 Å². The summed E-state index contributed by atoms with van der Waals surface area (Å²) in [5, 5.41) is 3.78. The Labute approximate surface area is 172 Å². The van der Waals surface area contributed by atoms with Crippen molar-refractivity contribution in [2.24, 2.45) is 0 Å². The standard InChI is InChI=1S/C23H19NO6/c1-3-28-23(26)19-20(25)18(30-22(19)24-15-9-5-4-6-10-15)13-16-12-14-8-7-11-17(27-2)21(14)29-16/h4-13,24H,3H2,1-2H3/b18-13+. The first-order valence-electron chi connectivity index (χ1n) is 9.35. The molecular formula is C23H19NO6. The van der Waals surface area contributed by atoms with Crippen molar-refractivity contribution in [3.8, 4) is 5.75 Å². The van der Waals surface area contributed by atoms with Gasteiger partial charge in [-0.05, 0) is 31.2 Å². The molecule has 0 amide bonds. The zero-order valence-electron chi connectivity index (χ0n) is 16.4. The monoisotopic (exact) mass is 405 g/mol. The lowest BCUT2D eigenvalue weighted by Gasteiger charge is -2.08. The summed E-state index contributed by atoms with van der Waals surface area (Å²) in [5.41, 5.74) is 1.02. The number of ketones is 1. The first kappa shape index (κ1) is 19.3. The van der Waals surface area contributed by atoms with E-state index >= 15 is 0 Å². The maximum Gasteiger partial charge on any atom is 0.347 e. The lowest BCUT2D eigenvalue weighted by molar-refractivity contribution is -0.139. The Morgan fingerprint density at radius 1 is 1.13 bits per heavy atom. The largest absolute Gasteiger partial charge is 0.493 e. The molecule has 3 aromatic rings. The number of fused-ring (bicyclic) bond motifs is 1. The number of esters is 1. The smallest absolute Gasteiger partial charge is 0.347 e. The van der Waals surface area contributed by atoms with E-state index in [4.69, 9.17) is 18.6 Å². The Hall–Kier alpha value is -4.00. The van der Waals surface area contributed by atoms with Crippen LogP contribution in [-0.2, 0) is 19.1 Å². The maximum atomic E-state index is 12.9. The highest BCUT2D eigenvalue weighted by atomic mass is 16.5. The van der Waals surface area contributed by atoms with E-state index < -0.39 is 11.8 Å². The zero-order valence-corrected chi connectivity index (χ0v) is 16.4. The molecule has 0 radical (unpaired) electrons. The number of rotatable bonds is 6. The molecule has 7 heteroatoms. The number of anilines is 1. The second-order valence-corrected chi connectivity index (χ2v) is 6.38. The second kappa shape index (κ2) is 8.16. The molecule has 1 aliphatic rings. The minimum atomic E-state index is -0.754. The summed E-state index contributed by atoms with van der Waals surface area (Å²) in [7, 11) is 1.55. The highest BCUT2D eigenvalue weighted by Gasteiger charge is 2.37. The normalized spacial score (nSPS) is 14.9. The number of hydrogen-bond donors (Lipinski definition) is 1. The quantitative estimate of drug-likeness (QED) is 0.372. The maximum absolute atomic E-state index is 12.9. The van der Waals surface area contributed by atoms with Crippen LogP contribution in [0.3, 0.4) is 0 Å². The fourth-order valence-electron chi connectivity index (χ4n) is 3.08. The Balaban J connectivity index is 1.69. The van der Waals surface area contributed by atoms with Crippen LogP contribution in [0.4, 0.5) is 5.69 Å². The number of Topliss-reactive ketones (excluding diaryl/α,β-unsaturated/α-hetero) is 1. The van der Waals surface area contributed by atoms with Gasteiger partial charge < -0.3 is 23.9 Å². The van der Waals surface area contributed by atoms with Gasteiger partial charge in [0.05, 0.1) is 13.7 Å². The number of para-hydroxylation sites is 2. The third-order valence-corrected chi connectivity index (χ3v) is 4.42. The van der Waals surface area contributed by atoms with Gasteiger partial charge in [-0.3, -0.25) is 4.79 Å². The Morgan fingerprint density at radius 3 is 2.67 bits per heavy atom. The van der Waals surface area contributed by atoms with Crippen LogP contribution in [-0.4, -0.2) is 25.5 Å². The van der Waals surface area contributed by atoms with Crippen LogP contribution < -0.4 is 10.1 Å². The molecule has 0 fully saturated rings. The van der Waals surface area contributed by atoms with Gasteiger partial charge >= 0.3 is 5.97 Å². The fraction of sp³-hybridized carbons (Fsp3) is 0.130. The van der Waals surface area contributed by atoms with E-state index in [0.717, 1.165) is 5.39 Å². The van der Waals surface area contributed by atoms with E-state index in [1.54, 1.807) is 38.3 Å². The number of furan rings is 1. The van der Waals surface area contributed by atoms with E-state index in [1.807, 2.05) is 30.3 Å². The SMILES string of the molecule is CCOC(=O)C1=C(Nc2ccccc2)O/C(=C/c2cc3cccc(OC)c3o2)C1=O. The number of carbonyl (C=O) groups is 2. The van der Waals surface area contributed by atoms with E-state index in [9.17, 15) is 9.59 Å².